The lowest BCUT2D eigenvalue weighted by Gasteiger charge is -2.19. The van der Waals surface area contributed by atoms with E-state index in [1.165, 1.54) is 19.2 Å². The van der Waals surface area contributed by atoms with Crippen LogP contribution < -0.4 is 9.64 Å². The lowest BCUT2D eigenvalue weighted by molar-refractivity contribution is 0.103. The molecule has 1 aromatic heterocycles. The van der Waals surface area contributed by atoms with Gasteiger partial charge in [0, 0.05) is 26.3 Å². The Bertz CT molecular complexity index is 367. The Hall–Kier alpha value is -1.36. The maximum absolute atomic E-state index is 5.61. The minimum atomic E-state index is 0.471. The van der Waals surface area contributed by atoms with Gasteiger partial charge in [-0.3, -0.25) is 0 Å². The van der Waals surface area contributed by atoms with Gasteiger partial charge in [0.05, 0.1) is 13.2 Å². The van der Waals surface area contributed by atoms with Crippen LogP contribution in [0.3, 0.4) is 0 Å². The lowest BCUT2D eigenvalue weighted by Crippen LogP contribution is -2.21. The third-order valence-electron chi connectivity index (χ3n) is 3.27. The van der Waals surface area contributed by atoms with Crippen LogP contribution >= 0.6 is 0 Å². The average molecular weight is 251 g/mol. The van der Waals surface area contributed by atoms with Crippen molar-refractivity contribution < 1.29 is 9.47 Å². The van der Waals surface area contributed by atoms with E-state index in [2.05, 4.69) is 14.9 Å². The van der Waals surface area contributed by atoms with Gasteiger partial charge in [0.2, 0.25) is 5.88 Å². The van der Waals surface area contributed by atoms with E-state index < -0.39 is 0 Å². The second-order valence-corrected chi connectivity index (χ2v) is 4.62. The van der Waals surface area contributed by atoms with Crippen molar-refractivity contribution in [1.82, 2.24) is 9.97 Å². The van der Waals surface area contributed by atoms with Gasteiger partial charge in [0.15, 0.2) is 0 Å². The summed E-state index contributed by atoms with van der Waals surface area (Å²) in [7, 11) is 3.65. The van der Waals surface area contributed by atoms with Crippen molar-refractivity contribution in [2.45, 2.75) is 31.8 Å². The van der Waals surface area contributed by atoms with Crippen LogP contribution in [-0.2, 0) is 4.74 Å². The molecular weight excluding hydrogens is 230 g/mol. The molecule has 2 heterocycles. The minimum Gasteiger partial charge on any atom is -0.481 e. The van der Waals surface area contributed by atoms with Gasteiger partial charge in [-0.25, -0.2) is 9.97 Å². The summed E-state index contributed by atoms with van der Waals surface area (Å²) in [4.78, 5) is 10.4. The number of nitrogens with zero attached hydrogens (tertiary/aromatic N) is 3. The van der Waals surface area contributed by atoms with E-state index in [-0.39, 0.29) is 0 Å². The Morgan fingerprint density at radius 1 is 1.50 bits per heavy atom. The van der Waals surface area contributed by atoms with Crippen LogP contribution in [0, 0.1) is 0 Å². The fourth-order valence-corrected chi connectivity index (χ4v) is 2.19. The van der Waals surface area contributed by atoms with Crippen molar-refractivity contribution in [3.8, 4) is 5.88 Å². The molecule has 0 amide bonds. The molecule has 1 aromatic rings. The van der Waals surface area contributed by atoms with Crippen LogP contribution in [0.5, 0.6) is 5.88 Å². The highest BCUT2D eigenvalue weighted by Crippen LogP contribution is 2.18. The van der Waals surface area contributed by atoms with Gasteiger partial charge in [0.1, 0.15) is 12.1 Å². The van der Waals surface area contributed by atoms with E-state index in [1.54, 1.807) is 7.11 Å². The van der Waals surface area contributed by atoms with Crippen molar-refractivity contribution in [2.24, 2.45) is 0 Å². The molecule has 100 valence electrons. The maximum Gasteiger partial charge on any atom is 0.218 e. The molecule has 0 saturated carbocycles. The quantitative estimate of drug-likeness (QED) is 0.772. The first-order chi connectivity index (χ1) is 8.79. The Kier molecular flexibility index (Phi) is 4.75. The molecule has 0 N–H and O–H groups in total. The van der Waals surface area contributed by atoms with Gasteiger partial charge >= 0.3 is 0 Å². The van der Waals surface area contributed by atoms with Crippen LogP contribution in [0.1, 0.15) is 25.7 Å². The van der Waals surface area contributed by atoms with Crippen molar-refractivity contribution in [3.05, 3.63) is 12.4 Å². The van der Waals surface area contributed by atoms with Crippen molar-refractivity contribution in [3.63, 3.8) is 0 Å². The number of hydrogen-bond donors (Lipinski definition) is 0. The lowest BCUT2D eigenvalue weighted by atomic mass is 10.1. The molecule has 2 rings (SSSR count). The average Bonchev–Trinajstić information content (AvgIpc) is 2.92. The highest BCUT2D eigenvalue weighted by Gasteiger charge is 2.15. The standard InChI is InChI=1S/C13H21N3O2/c1-16(7-3-5-11-6-4-8-18-11)12-9-13(17-2)15-10-14-12/h9-11H,3-8H2,1-2H3/t11-/m0/s1. The largest absolute Gasteiger partial charge is 0.481 e. The summed E-state index contributed by atoms with van der Waals surface area (Å²) in [5.41, 5.74) is 0. The van der Waals surface area contributed by atoms with E-state index in [4.69, 9.17) is 9.47 Å². The number of methoxy groups -OCH3 is 1. The first-order valence-electron chi connectivity index (χ1n) is 6.48. The smallest absolute Gasteiger partial charge is 0.218 e. The molecule has 0 radical (unpaired) electrons. The van der Waals surface area contributed by atoms with E-state index >= 15 is 0 Å². The summed E-state index contributed by atoms with van der Waals surface area (Å²) in [6, 6.07) is 1.85. The Morgan fingerprint density at radius 2 is 2.39 bits per heavy atom. The van der Waals surface area contributed by atoms with Gasteiger partial charge in [-0.2, -0.15) is 0 Å². The molecule has 1 atom stereocenters. The molecule has 0 unspecified atom stereocenters. The molecule has 5 nitrogen and oxygen atoms in total. The zero-order valence-electron chi connectivity index (χ0n) is 11.1. The second kappa shape index (κ2) is 6.54. The maximum atomic E-state index is 5.61. The second-order valence-electron chi connectivity index (χ2n) is 4.62. The minimum absolute atomic E-state index is 0.471. The van der Waals surface area contributed by atoms with Gasteiger partial charge in [-0.05, 0) is 25.7 Å². The van der Waals surface area contributed by atoms with Crippen molar-refractivity contribution in [1.29, 1.82) is 0 Å². The first kappa shape index (κ1) is 13.1. The number of rotatable bonds is 6. The third-order valence-corrected chi connectivity index (χ3v) is 3.27. The fraction of sp³-hybridized carbons (Fsp3) is 0.692. The summed E-state index contributed by atoms with van der Waals surface area (Å²) >= 11 is 0. The van der Waals surface area contributed by atoms with E-state index in [1.807, 2.05) is 13.1 Å². The molecule has 1 aliphatic rings. The molecule has 1 aliphatic heterocycles. The van der Waals surface area contributed by atoms with Crippen LogP contribution in [-0.4, -0.2) is 43.4 Å². The first-order valence-corrected chi connectivity index (χ1v) is 6.48. The molecule has 0 bridgehead atoms. The molecule has 5 heteroatoms. The van der Waals surface area contributed by atoms with E-state index in [0.717, 1.165) is 31.8 Å². The van der Waals surface area contributed by atoms with Gasteiger partial charge in [0.25, 0.3) is 0 Å². The Morgan fingerprint density at radius 3 is 3.11 bits per heavy atom. The fourth-order valence-electron chi connectivity index (χ4n) is 2.19. The molecule has 0 aliphatic carbocycles. The molecule has 18 heavy (non-hydrogen) atoms. The number of hydrogen-bond acceptors (Lipinski definition) is 5. The molecule has 1 fully saturated rings. The number of aromatic nitrogens is 2. The number of ether oxygens (including phenoxy) is 2. The summed E-state index contributed by atoms with van der Waals surface area (Å²) in [5, 5.41) is 0. The highest BCUT2D eigenvalue weighted by molar-refractivity contribution is 5.39. The Labute approximate surface area is 108 Å². The highest BCUT2D eigenvalue weighted by atomic mass is 16.5. The monoisotopic (exact) mass is 251 g/mol. The summed E-state index contributed by atoms with van der Waals surface area (Å²) < 4.78 is 10.7. The normalized spacial score (nSPS) is 18.9. The molecule has 0 aromatic carbocycles. The third kappa shape index (κ3) is 3.57. The van der Waals surface area contributed by atoms with Crippen LogP contribution in [0.2, 0.25) is 0 Å². The molecule has 1 saturated heterocycles. The van der Waals surface area contributed by atoms with Crippen LogP contribution in [0.15, 0.2) is 12.4 Å². The Balaban J connectivity index is 1.77. The molecular formula is C13H21N3O2. The summed E-state index contributed by atoms with van der Waals surface area (Å²) in [5.74, 6) is 1.50. The van der Waals surface area contributed by atoms with E-state index in [0.29, 0.717) is 12.0 Å². The SMILES string of the molecule is COc1cc(N(C)CCC[C@H]2CCCO2)ncn1. The van der Waals surface area contributed by atoms with E-state index in [9.17, 15) is 0 Å². The van der Waals surface area contributed by atoms with Gasteiger partial charge in [-0.1, -0.05) is 0 Å². The van der Waals surface area contributed by atoms with Crippen molar-refractivity contribution >= 4 is 5.82 Å². The summed E-state index contributed by atoms with van der Waals surface area (Å²) in [6.07, 6.45) is 6.68. The van der Waals surface area contributed by atoms with Crippen LogP contribution in [0.25, 0.3) is 0 Å². The topological polar surface area (TPSA) is 47.5 Å². The zero-order valence-corrected chi connectivity index (χ0v) is 11.1. The van der Waals surface area contributed by atoms with Gasteiger partial charge < -0.3 is 14.4 Å². The van der Waals surface area contributed by atoms with Gasteiger partial charge in [-0.15, -0.1) is 0 Å². The van der Waals surface area contributed by atoms with Crippen LogP contribution in [0.4, 0.5) is 5.82 Å². The summed E-state index contributed by atoms with van der Waals surface area (Å²) in [6.45, 7) is 1.91. The van der Waals surface area contributed by atoms with Crippen molar-refractivity contribution in [2.75, 3.05) is 32.2 Å². The number of anilines is 1. The predicted octanol–water partition coefficient (Wildman–Crippen LogP) is 1.88. The zero-order chi connectivity index (χ0) is 12.8. The molecule has 0 spiro atoms. The predicted molar refractivity (Wildman–Crippen MR) is 70.1 cm³/mol.